The minimum atomic E-state index is -0.424. The van der Waals surface area contributed by atoms with Crippen molar-refractivity contribution in [3.8, 4) is 0 Å². The third-order valence-electron chi connectivity index (χ3n) is 3.14. The van der Waals surface area contributed by atoms with Crippen molar-refractivity contribution in [2.45, 2.75) is 13.3 Å². The topological polar surface area (TPSA) is 81.0 Å². The first-order valence-electron chi connectivity index (χ1n) is 6.53. The highest BCUT2D eigenvalue weighted by Gasteiger charge is 2.13. The minimum absolute atomic E-state index is 0.0237. The van der Waals surface area contributed by atoms with E-state index in [0.29, 0.717) is 11.5 Å². The van der Waals surface area contributed by atoms with E-state index in [9.17, 15) is 10.1 Å². The Labute approximate surface area is 138 Å². The Morgan fingerprint density at radius 1 is 1.36 bits per heavy atom. The van der Waals surface area contributed by atoms with Gasteiger partial charge in [-0.2, -0.15) is 0 Å². The van der Waals surface area contributed by atoms with E-state index < -0.39 is 4.92 Å². The number of hydrogen-bond acceptors (Lipinski definition) is 6. The third kappa shape index (κ3) is 2.79. The molecule has 0 atom stereocenters. The summed E-state index contributed by atoms with van der Waals surface area (Å²) in [6, 6.07) is 6.62. The van der Waals surface area contributed by atoms with Crippen LogP contribution < -0.4 is 5.32 Å². The molecule has 6 nitrogen and oxygen atoms in total. The average molecular weight is 379 g/mol. The van der Waals surface area contributed by atoms with Gasteiger partial charge >= 0.3 is 0 Å². The van der Waals surface area contributed by atoms with Gasteiger partial charge in [-0.1, -0.05) is 6.92 Å². The smallest absolute Gasteiger partial charge is 0.271 e. The van der Waals surface area contributed by atoms with Gasteiger partial charge in [-0.15, -0.1) is 11.3 Å². The lowest BCUT2D eigenvalue weighted by Crippen LogP contribution is -1.97. The number of benzene rings is 1. The highest BCUT2D eigenvalue weighted by molar-refractivity contribution is 9.10. The quantitative estimate of drug-likeness (QED) is 0.526. The lowest BCUT2D eigenvalue weighted by atomic mass is 10.2. The van der Waals surface area contributed by atoms with Gasteiger partial charge in [0.25, 0.3) is 5.69 Å². The van der Waals surface area contributed by atoms with E-state index in [2.05, 4.69) is 38.1 Å². The predicted molar refractivity (Wildman–Crippen MR) is 90.9 cm³/mol. The molecule has 1 aromatic carbocycles. The largest absolute Gasteiger partial charge is 0.338 e. The van der Waals surface area contributed by atoms with Crippen LogP contribution in [0.4, 0.5) is 17.2 Å². The molecule has 0 amide bonds. The van der Waals surface area contributed by atoms with E-state index in [1.165, 1.54) is 23.3 Å². The maximum Gasteiger partial charge on any atom is 0.271 e. The van der Waals surface area contributed by atoms with E-state index in [0.717, 1.165) is 21.1 Å². The number of halogens is 1. The number of nitrogens with one attached hydrogen (secondary N) is 1. The molecule has 0 saturated heterocycles. The fourth-order valence-corrected chi connectivity index (χ4v) is 3.31. The summed E-state index contributed by atoms with van der Waals surface area (Å²) in [5.41, 5.74) is 0.619. The number of aromatic nitrogens is 2. The molecule has 2 aromatic heterocycles. The second kappa shape index (κ2) is 5.98. The van der Waals surface area contributed by atoms with Crippen LogP contribution in [0.3, 0.4) is 0 Å². The summed E-state index contributed by atoms with van der Waals surface area (Å²) in [6.07, 6.45) is 2.42. The molecule has 22 heavy (non-hydrogen) atoms. The van der Waals surface area contributed by atoms with Crippen molar-refractivity contribution in [3.05, 3.63) is 50.1 Å². The molecule has 0 spiro atoms. The van der Waals surface area contributed by atoms with Crippen molar-refractivity contribution in [1.29, 1.82) is 0 Å². The number of aryl methyl sites for hydroxylation is 1. The Bertz CT molecular complexity index is 865. The second-order valence-electron chi connectivity index (χ2n) is 4.55. The van der Waals surface area contributed by atoms with E-state index in [1.54, 1.807) is 17.4 Å². The Morgan fingerprint density at radius 3 is 2.91 bits per heavy atom. The fourth-order valence-electron chi connectivity index (χ4n) is 2.03. The summed E-state index contributed by atoms with van der Waals surface area (Å²) >= 11 is 5.02. The summed E-state index contributed by atoms with van der Waals surface area (Å²) in [6.45, 7) is 2.09. The number of non-ortho nitro benzene ring substituents is 1. The van der Waals surface area contributed by atoms with Crippen LogP contribution >= 0.6 is 27.3 Å². The van der Waals surface area contributed by atoms with Crippen molar-refractivity contribution in [3.63, 3.8) is 0 Å². The number of nitro benzene ring substituents is 1. The normalized spacial score (nSPS) is 10.8. The van der Waals surface area contributed by atoms with Gasteiger partial charge in [-0.3, -0.25) is 10.1 Å². The number of nitrogens with zero attached hydrogens (tertiary/aromatic N) is 3. The number of rotatable bonds is 4. The van der Waals surface area contributed by atoms with Crippen LogP contribution in [0.25, 0.3) is 10.2 Å². The van der Waals surface area contributed by atoms with Crippen LogP contribution in [0.1, 0.15) is 11.8 Å². The maximum atomic E-state index is 10.9. The average Bonchev–Trinajstić information content (AvgIpc) is 2.93. The molecule has 0 bridgehead atoms. The van der Waals surface area contributed by atoms with Crippen molar-refractivity contribution >= 4 is 54.7 Å². The summed E-state index contributed by atoms with van der Waals surface area (Å²) in [4.78, 5) is 21.1. The lowest BCUT2D eigenvalue weighted by molar-refractivity contribution is -0.384. The van der Waals surface area contributed by atoms with Crippen LogP contribution in [0.2, 0.25) is 0 Å². The molecule has 112 valence electrons. The van der Waals surface area contributed by atoms with Gasteiger partial charge in [-0.25, -0.2) is 9.97 Å². The summed E-state index contributed by atoms with van der Waals surface area (Å²) < 4.78 is 0.732. The van der Waals surface area contributed by atoms with Crippen molar-refractivity contribution in [1.82, 2.24) is 9.97 Å². The molecule has 2 heterocycles. The van der Waals surface area contributed by atoms with E-state index >= 15 is 0 Å². The molecule has 8 heteroatoms. The molecular formula is C14H11BrN4O2S. The van der Waals surface area contributed by atoms with Crippen molar-refractivity contribution in [2.24, 2.45) is 0 Å². The van der Waals surface area contributed by atoms with E-state index in [1.807, 2.05) is 6.07 Å². The number of nitro groups is 1. The van der Waals surface area contributed by atoms with Crippen LogP contribution in [0.15, 0.2) is 35.1 Å². The number of anilines is 2. The number of hydrogen-bond donors (Lipinski definition) is 1. The summed E-state index contributed by atoms with van der Waals surface area (Å²) in [5, 5.41) is 15.0. The fraction of sp³-hybridized carbons (Fsp3) is 0.143. The Morgan fingerprint density at radius 2 is 2.18 bits per heavy atom. The van der Waals surface area contributed by atoms with Crippen molar-refractivity contribution in [2.75, 3.05) is 5.32 Å². The third-order valence-corrected chi connectivity index (χ3v) is 5.02. The Hall–Kier alpha value is -2.06. The highest BCUT2D eigenvalue weighted by Crippen LogP contribution is 2.33. The van der Waals surface area contributed by atoms with Gasteiger partial charge in [0, 0.05) is 21.5 Å². The number of fused-ring (bicyclic) bond motifs is 1. The molecule has 1 N–H and O–H groups in total. The van der Waals surface area contributed by atoms with Gasteiger partial charge in [-0.05, 0) is 34.5 Å². The Balaban J connectivity index is 2.04. The van der Waals surface area contributed by atoms with Gasteiger partial charge < -0.3 is 5.32 Å². The molecule has 0 unspecified atom stereocenters. The zero-order valence-electron chi connectivity index (χ0n) is 11.5. The second-order valence-corrected chi connectivity index (χ2v) is 6.52. The van der Waals surface area contributed by atoms with Crippen LogP contribution in [-0.2, 0) is 6.42 Å². The van der Waals surface area contributed by atoms with Gasteiger partial charge in [0.2, 0.25) is 0 Å². The molecule has 0 fully saturated rings. The van der Waals surface area contributed by atoms with Crippen LogP contribution in [0, 0.1) is 10.1 Å². The first-order valence-corrected chi connectivity index (χ1v) is 8.14. The highest BCUT2D eigenvalue weighted by atomic mass is 79.9. The van der Waals surface area contributed by atoms with E-state index in [4.69, 9.17) is 0 Å². The molecule has 0 radical (unpaired) electrons. The summed E-state index contributed by atoms with van der Waals surface area (Å²) in [5.74, 6) is 0.641. The first kappa shape index (κ1) is 14.9. The monoisotopic (exact) mass is 378 g/mol. The molecule has 0 aliphatic carbocycles. The zero-order valence-corrected chi connectivity index (χ0v) is 13.9. The molecule has 3 rings (SSSR count). The SMILES string of the molecule is CCc1cc2c(Nc3cc([N+](=O)[O-])ccc3Br)ncnc2s1. The van der Waals surface area contributed by atoms with E-state index in [-0.39, 0.29) is 5.69 Å². The van der Waals surface area contributed by atoms with Gasteiger partial charge in [0.15, 0.2) is 0 Å². The van der Waals surface area contributed by atoms with Gasteiger partial charge in [0.1, 0.15) is 17.0 Å². The number of thiophene rings is 1. The molecule has 0 saturated carbocycles. The molecular weight excluding hydrogens is 368 g/mol. The first-order chi connectivity index (χ1) is 10.6. The molecule has 0 aliphatic rings. The lowest BCUT2D eigenvalue weighted by Gasteiger charge is -2.08. The zero-order chi connectivity index (χ0) is 15.7. The minimum Gasteiger partial charge on any atom is -0.338 e. The maximum absolute atomic E-state index is 10.9. The summed E-state index contributed by atoms with van der Waals surface area (Å²) in [7, 11) is 0. The van der Waals surface area contributed by atoms with Gasteiger partial charge in [0.05, 0.1) is 16.0 Å². The molecule has 3 aromatic rings. The predicted octanol–water partition coefficient (Wildman–Crippen LogP) is 4.67. The molecule has 0 aliphatic heterocycles. The standard InChI is InChI=1S/C14H11BrN4O2S/c1-2-9-6-10-13(16-7-17-14(10)22-9)18-12-5-8(19(20)21)3-4-11(12)15/h3-7H,2H2,1H3,(H,16,17,18). The van der Waals surface area contributed by atoms with Crippen LogP contribution in [-0.4, -0.2) is 14.9 Å². The Kier molecular flexibility index (Phi) is 4.04. The van der Waals surface area contributed by atoms with Crippen LogP contribution in [0.5, 0.6) is 0 Å². The van der Waals surface area contributed by atoms with Crippen molar-refractivity contribution < 1.29 is 4.92 Å².